The second kappa shape index (κ2) is 5.62. The van der Waals surface area contributed by atoms with Crippen LogP contribution in [0.15, 0.2) is 0 Å². The molecule has 1 N–H and O–H groups in total. The molecule has 4 nitrogen and oxygen atoms in total. The molecule has 1 aliphatic rings. The number of piperidine rings is 1. The highest BCUT2D eigenvalue weighted by atomic mass is 16.5. The molecule has 18 heavy (non-hydrogen) atoms. The van der Waals surface area contributed by atoms with Crippen LogP contribution in [0.5, 0.6) is 0 Å². The average Bonchev–Trinajstić information content (AvgIpc) is 2.27. The van der Waals surface area contributed by atoms with Gasteiger partial charge in [-0.05, 0) is 18.8 Å². The van der Waals surface area contributed by atoms with Gasteiger partial charge in [-0.25, -0.2) is 4.79 Å². The molecule has 0 radical (unpaired) electrons. The molecule has 1 rings (SSSR count). The molecule has 3 atom stereocenters. The molecular formula is C14H23NO3. The molecule has 0 aromatic heterocycles. The fourth-order valence-electron chi connectivity index (χ4n) is 2.40. The second-order valence-corrected chi connectivity index (χ2v) is 5.97. The van der Waals surface area contributed by atoms with E-state index in [1.807, 2.05) is 6.92 Å². The molecule has 0 aromatic carbocycles. The van der Waals surface area contributed by atoms with Crippen LogP contribution in [0, 0.1) is 23.7 Å². The summed E-state index contributed by atoms with van der Waals surface area (Å²) in [6.07, 6.45) is 5.00. The zero-order chi connectivity index (χ0) is 13.9. The summed E-state index contributed by atoms with van der Waals surface area (Å²) in [5, 5.41) is 9.09. The van der Waals surface area contributed by atoms with Crippen molar-refractivity contribution in [3.63, 3.8) is 0 Å². The van der Waals surface area contributed by atoms with Crippen molar-refractivity contribution in [3.8, 4) is 12.3 Å². The smallest absolute Gasteiger partial charge is 0.407 e. The van der Waals surface area contributed by atoms with Crippen molar-refractivity contribution in [2.75, 3.05) is 13.1 Å². The molecule has 0 aromatic rings. The van der Waals surface area contributed by atoms with Crippen molar-refractivity contribution in [1.82, 2.24) is 4.90 Å². The van der Waals surface area contributed by atoms with Crippen molar-refractivity contribution in [1.29, 1.82) is 0 Å². The minimum absolute atomic E-state index is 0.00684. The Hall–Kier alpha value is -1.21. The lowest BCUT2D eigenvalue weighted by Gasteiger charge is -2.44. The third-order valence-electron chi connectivity index (χ3n) is 3.55. The third-order valence-corrected chi connectivity index (χ3v) is 3.55. The first kappa shape index (κ1) is 14.8. The van der Waals surface area contributed by atoms with Crippen molar-refractivity contribution in [2.45, 2.75) is 46.3 Å². The lowest BCUT2D eigenvalue weighted by molar-refractivity contribution is -0.0770. The first-order chi connectivity index (χ1) is 8.25. The van der Waals surface area contributed by atoms with Gasteiger partial charge in [-0.1, -0.05) is 26.7 Å². The Balaban J connectivity index is 2.79. The largest absolute Gasteiger partial charge is 0.465 e. The van der Waals surface area contributed by atoms with E-state index in [0.29, 0.717) is 19.5 Å². The summed E-state index contributed by atoms with van der Waals surface area (Å²) >= 11 is 0. The highest BCUT2D eigenvalue weighted by Crippen LogP contribution is 2.35. The van der Waals surface area contributed by atoms with Crippen LogP contribution < -0.4 is 0 Å². The molecule has 0 aliphatic carbocycles. The van der Waals surface area contributed by atoms with Crippen LogP contribution in [0.2, 0.25) is 0 Å². The van der Waals surface area contributed by atoms with Crippen LogP contribution in [0.4, 0.5) is 4.79 Å². The number of terminal acetylenes is 1. The highest BCUT2D eigenvalue weighted by Gasteiger charge is 2.39. The van der Waals surface area contributed by atoms with E-state index in [2.05, 4.69) is 26.7 Å². The van der Waals surface area contributed by atoms with Gasteiger partial charge in [0, 0.05) is 19.0 Å². The average molecular weight is 253 g/mol. The van der Waals surface area contributed by atoms with Crippen LogP contribution in [0.25, 0.3) is 0 Å². The lowest BCUT2D eigenvalue weighted by atomic mass is 9.74. The van der Waals surface area contributed by atoms with Crippen LogP contribution in [0.3, 0.4) is 0 Å². The second-order valence-electron chi connectivity index (χ2n) is 5.97. The van der Waals surface area contributed by atoms with E-state index in [0.717, 1.165) is 0 Å². The molecule has 1 heterocycles. The van der Waals surface area contributed by atoms with Gasteiger partial charge in [-0.2, -0.15) is 0 Å². The Morgan fingerprint density at radius 3 is 2.61 bits per heavy atom. The fourth-order valence-corrected chi connectivity index (χ4v) is 2.40. The summed E-state index contributed by atoms with van der Waals surface area (Å²) in [7, 11) is 0. The monoisotopic (exact) mass is 253 g/mol. The van der Waals surface area contributed by atoms with Crippen molar-refractivity contribution < 1.29 is 14.6 Å². The quantitative estimate of drug-likeness (QED) is 0.769. The Bertz CT molecular complexity index is 340. The number of ether oxygens (including phenoxy) is 1. The molecule has 4 heteroatoms. The molecule has 0 bridgehead atoms. The molecular weight excluding hydrogens is 230 g/mol. The van der Waals surface area contributed by atoms with E-state index < -0.39 is 6.09 Å². The van der Waals surface area contributed by atoms with E-state index >= 15 is 0 Å². The maximum Gasteiger partial charge on any atom is 0.407 e. The summed E-state index contributed by atoms with van der Waals surface area (Å²) in [4.78, 5) is 12.5. The summed E-state index contributed by atoms with van der Waals surface area (Å²) in [5.74, 6) is 2.73. The van der Waals surface area contributed by atoms with E-state index in [-0.39, 0.29) is 23.5 Å². The van der Waals surface area contributed by atoms with Gasteiger partial charge in [0.1, 0.15) is 6.10 Å². The molecule has 1 aliphatic heterocycles. The molecule has 1 saturated heterocycles. The zero-order valence-electron chi connectivity index (χ0n) is 11.6. The van der Waals surface area contributed by atoms with E-state index in [9.17, 15) is 4.79 Å². The number of carbonyl (C=O) groups is 1. The first-order valence-electron chi connectivity index (χ1n) is 6.35. The Labute approximate surface area is 109 Å². The van der Waals surface area contributed by atoms with Gasteiger partial charge in [0.15, 0.2) is 0 Å². The molecule has 102 valence electrons. The summed E-state index contributed by atoms with van der Waals surface area (Å²) < 4.78 is 5.85. The van der Waals surface area contributed by atoms with Gasteiger partial charge in [0.05, 0.1) is 6.10 Å². The predicted octanol–water partition coefficient (Wildman–Crippen LogP) is 2.44. The summed E-state index contributed by atoms with van der Waals surface area (Å²) in [6, 6.07) is 0. The maximum atomic E-state index is 11.1. The van der Waals surface area contributed by atoms with Crippen molar-refractivity contribution in [3.05, 3.63) is 0 Å². The number of amides is 1. The van der Waals surface area contributed by atoms with Gasteiger partial charge in [-0.3, -0.25) is 0 Å². The predicted molar refractivity (Wildman–Crippen MR) is 70.3 cm³/mol. The van der Waals surface area contributed by atoms with Crippen molar-refractivity contribution in [2.24, 2.45) is 11.3 Å². The Kier molecular flexibility index (Phi) is 4.64. The number of hydrogen-bond acceptors (Lipinski definition) is 2. The maximum absolute atomic E-state index is 11.1. The van der Waals surface area contributed by atoms with E-state index in [1.54, 1.807) is 0 Å². The normalized spacial score (nSPS) is 26.5. The molecule has 1 fully saturated rings. The van der Waals surface area contributed by atoms with Crippen LogP contribution in [0.1, 0.15) is 34.1 Å². The van der Waals surface area contributed by atoms with Gasteiger partial charge in [0.25, 0.3) is 0 Å². The van der Waals surface area contributed by atoms with Gasteiger partial charge >= 0.3 is 6.09 Å². The summed E-state index contributed by atoms with van der Waals surface area (Å²) in [6.45, 7) is 9.22. The minimum atomic E-state index is -0.854. The van der Waals surface area contributed by atoms with Gasteiger partial charge in [-0.15, -0.1) is 6.42 Å². The number of nitrogens with zero attached hydrogens (tertiary/aromatic N) is 1. The summed E-state index contributed by atoms with van der Waals surface area (Å²) in [5.41, 5.74) is -0.00684. The van der Waals surface area contributed by atoms with Gasteiger partial charge < -0.3 is 14.7 Å². The third kappa shape index (κ3) is 3.64. The van der Waals surface area contributed by atoms with Crippen LogP contribution in [-0.2, 0) is 4.74 Å². The highest BCUT2D eigenvalue weighted by molar-refractivity contribution is 5.65. The molecule has 0 saturated carbocycles. The number of likely N-dealkylation sites (tertiary alicyclic amines) is 1. The molecule has 0 spiro atoms. The first-order valence-corrected chi connectivity index (χ1v) is 6.35. The standard InChI is InChI=1S/C14H23NO3/c1-6-10(2)18-12-7-8-15(13(16)17)9-11(12)14(3,4)5/h1,10-12H,7-9H2,2-5H3,(H,16,17)/t10-,11?,12?/m0/s1. The number of rotatable bonds is 2. The van der Waals surface area contributed by atoms with Crippen molar-refractivity contribution >= 4 is 6.09 Å². The van der Waals surface area contributed by atoms with Crippen LogP contribution in [-0.4, -0.2) is 41.4 Å². The van der Waals surface area contributed by atoms with Gasteiger partial charge in [0.2, 0.25) is 0 Å². The zero-order valence-corrected chi connectivity index (χ0v) is 11.6. The molecule has 2 unspecified atom stereocenters. The van der Waals surface area contributed by atoms with E-state index in [1.165, 1.54) is 4.90 Å². The van der Waals surface area contributed by atoms with Crippen LogP contribution >= 0.6 is 0 Å². The Morgan fingerprint density at radius 1 is 1.56 bits per heavy atom. The number of carboxylic acid groups (broad SMARTS) is 1. The number of hydrogen-bond donors (Lipinski definition) is 1. The fraction of sp³-hybridized carbons (Fsp3) is 0.786. The topological polar surface area (TPSA) is 49.8 Å². The lowest BCUT2D eigenvalue weighted by Crippen LogP contribution is -2.51. The minimum Gasteiger partial charge on any atom is -0.465 e. The molecule has 1 amide bonds. The Morgan fingerprint density at radius 2 is 2.17 bits per heavy atom. The SMILES string of the molecule is C#C[C@H](C)OC1CCN(C(=O)O)CC1C(C)(C)C. The van der Waals surface area contributed by atoms with E-state index in [4.69, 9.17) is 16.3 Å².